The molecule has 0 aliphatic carbocycles. The number of para-hydroxylation sites is 1. The van der Waals surface area contributed by atoms with E-state index in [0.29, 0.717) is 11.7 Å². The number of aromatic nitrogens is 2. The van der Waals surface area contributed by atoms with E-state index in [2.05, 4.69) is 15.5 Å². The summed E-state index contributed by atoms with van der Waals surface area (Å²) in [5.41, 5.74) is 0.825. The fraction of sp³-hybridized carbons (Fsp3) is 0.375. The topological polar surface area (TPSA) is 75.2 Å². The lowest BCUT2D eigenvalue weighted by Gasteiger charge is -2.16. The molecular formula is C16H18N4O2S. The SMILES string of the molecule is CC(C)c1nnc(NC(=O)C2CC(=O)N(c3ccccc3)C2)s1. The third-order valence-corrected chi connectivity index (χ3v) is 4.87. The van der Waals surface area contributed by atoms with E-state index < -0.39 is 0 Å². The van der Waals surface area contributed by atoms with Gasteiger partial charge >= 0.3 is 0 Å². The molecule has 1 unspecified atom stereocenters. The highest BCUT2D eigenvalue weighted by Crippen LogP contribution is 2.27. The van der Waals surface area contributed by atoms with Gasteiger partial charge < -0.3 is 10.2 Å². The van der Waals surface area contributed by atoms with Crippen LogP contribution in [0, 0.1) is 5.92 Å². The number of amides is 2. The van der Waals surface area contributed by atoms with Crippen molar-refractivity contribution in [1.82, 2.24) is 10.2 Å². The molecule has 1 atom stereocenters. The molecule has 2 aromatic rings. The lowest BCUT2D eigenvalue weighted by Crippen LogP contribution is -2.28. The highest BCUT2D eigenvalue weighted by Gasteiger charge is 2.35. The molecular weight excluding hydrogens is 312 g/mol. The largest absolute Gasteiger partial charge is 0.312 e. The number of carbonyl (C=O) groups excluding carboxylic acids is 2. The Balaban J connectivity index is 1.65. The molecule has 0 saturated carbocycles. The number of hydrogen-bond acceptors (Lipinski definition) is 5. The molecule has 1 N–H and O–H groups in total. The summed E-state index contributed by atoms with van der Waals surface area (Å²) in [5.74, 6) is -0.298. The monoisotopic (exact) mass is 330 g/mol. The van der Waals surface area contributed by atoms with Crippen LogP contribution < -0.4 is 10.2 Å². The molecule has 1 aliphatic rings. The highest BCUT2D eigenvalue weighted by molar-refractivity contribution is 7.15. The first-order chi connectivity index (χ1) is 11.0. The van der Waals surface area contributed by atoms with Crippen LogP contribution in [0.15, 0.2) is 30.3 Å². The third kappa shape index (κ3) is 3.39. The molecule has 1 aliphatic heterocycles. The van der Waals surface area contributed by atoms with Crippen LogP contribution in [-0.2, 0) is 9.59 Å². The summed E-state index contributed by atoms with van der Waals surface area (Å²) < 4.78 is 0. The summed E-state index contributed by atoms with van der Waals surface area (Å²) in [5, 5.41) is 12.2. The van der Waals surface area contributed by atoms with Crippen molar-refractivity contribution in [2.75, 3.05) is 16.8 Å². The molecule has 120 valence electrons. The van der Waals surface area contributed by atoms with Gasteiger partial charge in [-0.2, -0.15) is 0 Å². The molecule has 1 aromatic carbocycles. The molecule has 1 saturated heterocycles. The van der Waals surface area contributed by atoms with E-state index in [4.69, 9.17) is 0 Å². The average molecular weight is 330 g/mol. The Morgan fingerprint density at radius 2 is 2.04 bits per heavy atom. The third-order valence-electron chi connectivity index (χ3n) is 3.73. The van der Waals surface area contributed by atoms with Crippen molar-refractivity contribution < 1.29 is 9.59 Å². The van der Waals surface area contributed by atoms with Crippen LogP contribution in [0.3, 0.4) is 0 Å². The normalized spacial score (nSPS) is 17.8. The van der Waals surface area contributed by atoms with E-state index >= 15 is 0 Å². The molecule has 2 amide bonds. The first-order valence-electron chi connectivity index (χ1n) is 7.54. The van der Waals surface area contributed by atoms with Gasteiger partial charge in [0.25, 0.3) is 0 Å². The van der Waals surface area contributed by atoms with Crippen molar-refractivity contribution >= 4 is 34.0 Å². The van der Waals surface area contributed by atoms with Gasteiger partial charge in [0.2, 0.25) is 16.9 Å². The Hall–Kier alpha value is -2.28. The predicted molar refractivity (Wildman–Crippen MR) is 89.5 cm³/mol. The van der Waals surface area contributed by atoms with Gasteiger partial charge in [-0.3, -0.25) is 9.59 Å². The summed E-state index contributed by atoms with van der Waals surface area (Å²) in [6.45, 7) is 4.45. The second-order valence-electron chi connectivity index (χ2n) is 5.83. The fourth-order valence-electron chi connectivity index (χ4n) is 2.47. The van der Waals surface area contributed by atoms with Crippen molar-refractivity contribution in [1.29, 1.82) is 0 Å². The summed E-state index contributed by atoms with van der Waals surface area (Å²) in [7, 11) is 0. The highest BCUT2D eigenvalue weighted by atomic mass is 32.1. The zero-order valence-electron chi connectivity index (χ0n) is 13.0. The second-order valence-corrected chi connectivity index (χ2v) is 6.84. The minimum absolute atomic E-state index is 0.0310. The lowest BCUT2D eigenvalue weighted by molar-refractivity contribution is -0.122. The van der Waals surface area contributed by atoms with Crippen LogP contribution in [0.1, 0.15) is 31.2 Å². The molecule has 6 nitrogen and oxygen atoms in total. The summed E-state index contributed by atoms with van der Waals surface area (Å²) in [4.78, 5) is 26.2. The summed E-state index contributed by atoms with van der Waals surface area (Å²) in [6, 6.07) is 9.40. The number of carbonyl (C=O) groups is 2. The Kier molecular flexibility index (Phi) is 4.38. The molecule has 1 aromatic heterocycles. The van der Waals surface area contributed by atoms with Crippen molar-refractivity contribution in [3.05, 3.63) is 35.3 Å². The lowest BCUT2D eigenvalue weighted by atomic mass is 10.1. The molecule has 0 radical (unpaired) electrons. The van der Waals surface area contributed by atoms with E-state index in [0.717, 1.165) is 10.7 Å². The van der Waals surface area contributed by atoms with Crippen molar-refractivity contribution in [2.45, 2.75) is 26.2 Å². The average Bonchev–Trinajstić information content (AvgIpc) is 3.15. The summed E-state index contributed by atoms with van der Waals surface area (Å²) in [6.07, 6.45) is 0.219. The predicted octanol–water partition coefficient (Wildman–Crippen LogP) is 2.65. The van der Waals surface area contributed by atoms with Gasteiger partial charge in [0.15, 0.2) is 0 Å². The zero-order chi connectivity index (χ0) is 16.4. The van der Waals surface area contributed by atoms with E-state index in [1.807, 2.05) is 44.2 Å². The minimum atomic E-state index is -0.367. The van der Waals surface area contributed by atoms with E-state index in [9.17, 15) is 9.59 Å². The molecule has 3 rings (SSSR count). The molecule has 7 heteroatoms. The number of benzene rings is 1. The number of anilines is 2. The smallest absolute Gasteiger partial charge is 0.231 e. The van der Waals surface area contributed by atoms with Crippen LogP contribution >= 0.6 is 11.3 Å². The zero-order valence-corrected chi connectivity index (χ0v) is 13.8. The van der Waals surface area contributed by atoms with Gasteiger partial charge in [0.05, 0.1) is 5.92 Å². The molecule has 1 fully saturated rings. The standard InChI is InChI=1S/C16H18N4O2S/c1-10(2)15-18-19-16(23-15)17-14(22)11-8-13(21)20(9-11)12-6-4-3-5-7-12/h3-7,10-11H,8-9H2,1-2H3,(H,17,19,22). The Labute approximate surface area is 138 Å². The quantitative estimate of drug-likeness (QED) is 0.935. The van der Waals surface area contributed by atoms with Crippen molar-refractivity contribution in [3.63, 3.8) is 0 Å². The van der Waals surface area contributed by atoms with Gasteiger partial charge in [0, 0.05) is 24.6 Å². The van der Waals surface area contributed by atoms with Crippen LogP contribution in [-0.4, -0.2) is 28.6 Å². The van der Waals surface area contributed by atoms with Gasteiger partial charge in [-0.25, -0.2) is 0 Å². The van der Waals surface area contributed by atoms with E-state index in [1.165, 1.54) is 11.3 Å². The number of nitrogens with one attached hydrogen (secondary N) is 1. The van der Waals surface area contributed by atoms with Gasteiger partial charge in [0.1, 0.15) is 5.01 Å². The molecule has 0 spiro atoms. The Morgan fingerprint density at radius 3 is 2.70 bits per heavy atom. The van der Waals surface area contributed by atoms with Crippen LogP contribution in [0.5, 0.6) is 0 Å². The minimum Gasteiger partial charge on any atom is -0.312 e. The van der Waals surface area contributed by atoms with E-state index in [1.54, 1.807) is 4.90 Å². The second kappa shape index (κ2) is 6.45. The maximum Gasteiger partial charge on any atom is 0.231 e. The Morgan fingerprint density at radius 1 is 1.30 bits per heavy atom. The van der Waals surface area contributed by atoms with Crippen molar-refractivity contribution in [2.24, 2.45) is 5.92 Å². The number of rotatable bonds is 4. The van der Waals surface area contributed by atoms with Crippen molar-refractivity contribution in [3.8, 4) is 0 Å². The Bertz CT molecular complexity index is 714. The first-order valence-corrected chi connectivity index (χ1v) is 8.36. The van der Waals surface area contributed by atoms with Crippen LogP contribution in [0.4, 0.5) is 10.8 Å². The fourth-order valence-corrected chi connectivity index (χ4v) is 3.22. The van der Waals surface area contributed by atoms with E-state index in [-0.39, 0.29) is 30.1 Å². The van der Waals surface area contributed by atoms with Gasteiger partial charge in [-0.1, -0.05) is 43.4 Å². The molecule has 2 heterocycles. The number of nitrogens with zero attached hydrogens (tertiary/aromatic N) is 3. The van der Waals surface area contributed by atoms with Gasteiger partial charge in [-0.15, -0.1) is 10.2 Å². The maximum absolute atomic E-state index is 12.4. The molecule has 0 bridgehead atoms. The first kappa shape index (κ1) is 15.6. The van der Waals surface area contributed by atoms with Crippen LogP contribution in [0.25, 0.3) is 0 Å². The summed E-state index contributed by atoms with van der Waals surface area (Å²) >= 11 is 1.37. The van der Waals surface area contributed by atoms with Crippen LogP contribution in [0.2, 0.25) is 0 Å². The molecule has 23 heavy (non-hydrogen) atoms. The maximum atomic E-state index is 12.4. The van der Waals surface area contributed by atoms with Gasteiger partial charge in [-0.05, 0) is 12.1 Å². The number of hydrogen-bond donors (Lipinski definition) is 1.